The molecule has 0 aliphatic carbocycles. The molecule has 0 aliphatic heterocycles. The summed E-state index contributed by atoms with van der Waals surface area (Å²) >= 11 is 0. The van der Waals surface area contributed by atoms with E-state index in [1.54, 1.807) is 10.7 Å². The molecular formula is C17H14N4O3. The summed E-state index contributed by atoms with van der Waals surface area (Å²) in [7, 11) is 0. The second kappa shape index (κ2) is 6.33. The molecule has 0 atom stereocenters. The molecule has 1 N–H and O–H groups in total. The van der Waals surface area contributed by atoms with E-state index in [9.17, 15) is 14.9 Å². The number of amides is 1. The van der Waals surface area contributed by atoms with Gasteiger partial charge in [-0.05, 0) is 31.2 Å². The van der Waals surface area contributed by atoms with Crippen LogP contribution in [0.1, 0.15) is 16.1 Å². The van der Waals surface area contributed by atoms with E-state index in [1.807, 2.05) is 37.3 Å². The van der Waals surface area contributed by atoms with Crippen LogP contribution >= 0.6 is 0 Å². The summed E-state index contributed by atoms with van der Waals surface area (Å²) in [6, 6.07) is 16.6. The molecule has 3 rings (SSSR count). The lowest BCUT2D eigenvalue weighted by Gasteiger charge is -2.08. The number of aromatic nitrogens is 2. The molecule has 0 spiro atoms. The summed E-state index contributed by atoms with van der Waals surface area (Å²) in [4.78, 5) is 22.5. The minimum atomic E-state index is -0.504. The van der Waals surface area contributed by atoms with Gasteiger partial charge in [-0.3, -0.25) is 14.9 Å². The molecule has 0 unspecified atom stereocenters. The van der Waals surface area contributed by atoms with E-state index in [2.05, 4.69) is 10.4 Å². The summed E-state index contributed by atoms with van der Waals surface area (Å²) in [5, 5.41) is 17.8. The molecule has 24 heavy (non-hydrogen) atoms. The van der Waals surface area contributed by atoms with Crippen molar-refractivity contribution in [2.75, 3.05) is 5.32 Å². The SMILES string of the molecule is Cc1cc(NC(=O)c2ccc([N+](=O)[O-])cc2)n(-c2ccccc2)n1. The highest BCUT2D eigenvalue weighted by molar-refractivity contribution is 6.04. The van der Waals surface area contributed by atoms with Crippen LogP contribution in [-0.4, -0.2) is 20.6 Å². The Morgan fingerprint density at radius 1 is 1.12 bits per heavy atom. The van der Waals surface area contributed by atoms with Gasteiger partial charge in [-0.1, -0.05) is 18.2 Å². The first kappa shape index (κ1) is 15.4. The predicted molar refractivity (Wildman–Crippen MR) is 89.4 cm³/mol. The molecule has 7 nitrogen and oxygen atoms in total. The third kappa shape index (κ3) is 3.14. The Kier molecular flexibility index (Phi) is 4.07. The monoisotopic (exact) mass is 322 g/mol. The number of aryl methyl sites for hydroxylation is 1. The van der Waals surface area contributed by atoms with Crippen molar-refractivity contribution < 1.29 is 9.72 Å². The lowest BCUT2D eigenvalue weighted by Crippen LogP contribution is -2.15. The number of hydrogen-bond donors (Lipinski definition) is 1. The van der Waals surface area contributed by atoms with Crippen LogP contribution in [0, 0.1) is 17.0 Å². The Labute approximate surface area is 137 Å². The van der Waals surface area contributed by atoms with Crippen LogP contribution in [0.25, 0.3) is 5.69 Å². The van der Waals surface area contributed by atoms with Crippen molar-refractivity contribution in [1.29, 1.82) is 0 Å². The Hall–Kier alpha value is -3.48. The molecule has 1 amide bonds. The number of nitro groups is 1. The first-order chi connectivity index (χ1) is 11.5. The third-order valence-corrected chi connectivity index (χ3v) is 3.41. The molecule has 3 aromatic rings. The van der Waals surface area contributed by atoms with Crippen LogP contribution in [0.4, 0.5) is 11.5 Å². The van der Waals surface area contributed by atoms with Crippen molar-refractivity contribution in [1.82, 2.24) is 9.78 Å². The molecule has 0 bridgehead atoms. The Morgan fingerprint density at radius 3 is 2.42 bits per heavy atom. The standard InChI is InChI=1S/C17H14N4O3/c1-12-11-16(20(19-12)14-5-3-2-4-6-14)18-17(22)13-7-9-15(10-8-13)21(23)24/h2-11H,1H3,(H,18,22). The average molecular weight is 322 g/mol. The Balaban J connectivity index is 1.86. The quantitative estimate of drug-likeness (QED) is 0.589. The van der Waals surface area contributed by atoms with Crippen molar-refractivity contribution in [3.63, 3.8) is 0 Å². The van der Waals surface area contributed by atoms with Gasteiger partial charge in [0.05, 0.1) is 16.3 Å². The number of benzene rings is 2. The summed E-state index contributed by atoms with van der Waals surface area (Å²) in [5.41, 5.74) is 1.86. The zero-order valence-corrected chi connectivity index (χ0v) is 12.8. The fraction of sp³-hybridized carbons (Fsp3) is 0.0588. The number of carbonyl (C=O) groups excluding carboxylic acids is 1. The van der Waals surface area contributed by atoms with Gasteiger partial charge in [0, 0.05) is 23.8 Å². The van der Waals surface area contributed by atoms with Crippen LogP contribution in [-0.2, 0) is 0 Å². The van der Waals surface area contributed by atoms with Crippen molar-refractivity contribution >= 4 is 17.4 Å². The summed E-state index contributed by atoms with van der Waals surface area (Å²) in [5.74, 6) is 0.170. The molecule has 0 saturated carbocycles. The zero-order valence-electron chi connectivity index (χ0n) is 12.8. The number of non-ortho nitro benzene ring substituents is 1. The van der Waals surface area contributed by atoms with Crippen LogP contribution < -0.4 is 5.32 Å². The number of para-hydroxylation sites is 1. The van der Waals surface area contributed by atoms with Crippen molar-refractivity contribution in [3.05, 3.63) is 82.0 Å². The fourth-order valence-electron chi connectivity index (χ4n) is 2.28. The number of rotatable bonds is 4. The van der Waals surface area contributed by atoms with Gasteiger partial charge in [-0.25, -0.2) is 4.68 Å². The van der Waals surface area contributed by atoms with Crippen LogP contribution in [0.15, 0.2) is 60.7 Å². The zero-order chi connectivity index (χ0) is 17.1. The van der Waals surface area contributed by atoms with Crippen molar-refractivity contribution in [3.8, 4) is 5.69 Å². The topological polar surface area (TPSA) is 90.1 Å². The molecule has 0 saturated heterocycles. The highest BCUT2D eigenvalue weighted by atomic mass is 16.6. The number of carbonyl (C=O) groups is 1. The predicted octanol–water partition coefficient (Wildman–Crippen LogP) is 3.34. The molecule has 0 fully saturated rings. The average Bonchev–Trinajstić information content (AvgIpc) is 2.96. The van der Waals surface area contributed by atoms with Crippen LogP contribution in [0.5, 0.6) is 0 Å². The minimum absolute atomic E-state index is 0.0586. The second-order valence-corrected chi connectivity index (χ2v) is 5.18. The van der Waals surface area contributed by atoms with Gasteiger partial charge in [0.15, 0.2) is 0 Å². The lowest BCUT2D eigenvalue weighted by atomic mass is 10.2. The van der Waals surface area contributed by atoms with Crippen molar-refractivity contribution in [2.24, 2.45) is 0 Å². The summed E-state index contributed by atoms with van der Waals surface area (Å²) in [6.45, 7) is 1.83. The van der Waals surface area contributed by atoms with E-state index < -0.39 is 4.92 Å². The largest absolute Gasteiger partial charge is 0.306 e. The lowest BCUT2D eigenvalue weighted by molar-refractivity contribution is -0.384. The van der Waals surface area contributed by atoms with E-state index in [4.69, 9.17) is 0 Å². The minimum Gasteiger partial charge on any atom is -0.306 e. The maximum absolute atomic E-state index is 12.4. The molecular weight excluding hydrogens is 308 g/mol. The van der Waals surface area contributed by atoms with E-state index in [1.165, 1.54) is 24.3 Å². The first-order valence-corrected chi connectivity index (χ1v) is 7.22. The first-order valence-electron chi connectivity index (χ1n) is 7.22. The smallest absolute Gasteiger partial charge is 0.269 e. The second-order valence-electron chi connectivity index (χ2n) is 5.18. The van der Waals surface area contributed by atoms with Gasteiger partial charge in [-0.2, -0.15) is 5.10 Å². The Morgan fingerprint density at radius 2 is 1.79 bits per heavy atom. The van der Waals surface area contributed by atoms with Gasteiger partial charge in [0.2, 0.25) is 0 Å². The van der Waals surface area contributed by atoms with Gasteiger partial charge < -0.3 is 5.32 Å². The molecule has 7 heteroatoms. The highest BCUT2D eigenvalue weighted by Gasteiger charge is 2.13. The van der Waals surface area contributed by atoms with Gasteiger partial charge in [0.1, 0.15) is 5.82 Å². The van der Waals surface area contributed by atoms with E-state index in [-0.39, 0.29) is 11.6 Å². The highest BCUT2D eigenvalue weighted by Crippen LogP contribution is 2.18. The summed E-state index contributed by atoms with van der Waals surface area (Å²) in [6.07, 6.45) is 0. The van der Waals surface area contributed by atoms with Gasteiger partial charge in [0.25, 0.3) is 11.6 Å². The molecule has 120 valence electrons. The van der Waals surface area contributed by atoms with Crippen LogP contribution in [0.3, 0.4) is 0 Å². The molecule has 2 aromatic carbocycles. The molecule has 1 heterocycles. The fourth-order valence-corrected chi connectivity index (χ4v) is 2.28. The summed E-state index contributed by atoms with van der Waals surface area (Å²) < 4.78 is 1.64. The maximum atomic E-state index is 12.4. The number of anilines is 1. The van der Waals surface area contributed by atoms with Gasteiger partial charge >= 0.3 is 0 Å². The van der Waals surface area contributed by atoms with E-state index >= 15 is 0 Å². The van der Waals surface area contributed by atoms with Crippen LogP contribution in [0.2, 0.25) is 0 Å². The van der Waals surface area contributed by atoms with Gasteiger partial charge in [-0.15, -0.1) is 0 Å². The molecule has 0 aliphatic rings. The normalized spacial score (nSPS) is 10.4. The Bertz CT molecular complexity index is 886. The third-order valence-electron chi connectivity index (χ3n) is 3.41. The number of hydrogen-bond acceptors (Lipinski definition) is 4. The number of nitrogens with one attached hydrogen (secondary N) is 1. The number of nitrogens with zero attached hydrogens (tertiary/aromatic N) is 3. The molecule has 0 radical (unpaired) electrons. The maximum Gasteiger partial charge on any atom is 0.269 e. The van der Waals surface area contributed by atoms with E-state index in [0.29, 0.717) is 11.4 Å². The van der Waals surface area contributed by atoms with E-state index in [0.717, 1.165) is 11.4 Å². The molecule has 1 aromatic heterocycles. The number of nitro benzene ring substituents is 1. The van der Waals surface area contributed by atoms with Crippen molar-refractivity contribution in [2.45, 2.75) is 6.92 Å².